The van der Waals surface area contributed by atoms with Crippen LogP contribution in [0.1, 0.15) is 6.92 Å². The fourth-order valence-electron chi connectivity index (χ4n) is 2.03. The quantitative estimate of drug-likeness (QED) is 0.672. The van der Waals surface area contributed by atoms with Crippen molar-refractivity contribution in [2.24, 2.45) is 0 Å². The topological polar surface area (TPSA) is 61.9 Å². The standard InChI is InChI=1S/C9H19N3O3S/c1-9-8-12(6-7-15-9)16(13,14)11-4-2-10-3-5-11/h9-10H,2-8H2,1H3. The van der Waals surface area contributed by atoms with E-state index in [0.717, 1.165) is 13.1 Å². The van der Waals surface area contributed by atoms with Crippen LogP contribution in [0.2, 0.25) is 0 Å². The number of nitrogens with zero attached hydrogens (tertiary/aromatic N) is 2. The highest BCUT2D eigenvalue weighted by atomic mass is 32.2. The van der Waals surface area contributed by atoms with Crippen LogP contribution in [0, 0.1) is 0 Å². The molecule has 0 aromatic heterocycles. The second-order valence-corrected chi connectivity index (χ2v) is 6.12. The maximum absolute atomic E-state index is 12.3. The third-order valence-electron chi connectivity index (χ3n) is 2.93. The van der Waals surface area contributed by atoms with Gasteiger partial charge in [-0.05, 0) is 6.92 Å². The number of piperazine rings is 1. The molecule has 6 nitrogen and oxygen atoms in total. The summed E-state index contributed by atoms with van der Waals surface area (Å²) in [6, 6.07) is 0. The molecule has 0 saturated carbocycles. The van der Waals surface area contributed by atoms with Crippen LogP contribution in [0.3, 0.4) is 0 Å². The lowest BCUT2D eigenvalue weighted by molar-refractivity contribution is 0.00815. The Bertz CT molecular complexity index is 327. The molecule has 1 unspecified atom stereocenters. The van der Waals surface area contributed by atoms with Crippen LogP contribution in [-0.4, -0.2) is 69.0 Å². The Morgan fingerprint density at radius 2 is 1.88 bits per heavy atom. The molecule has 0 bridgehead atoms. The molecule has 16 heavy (non-hydrogen) atoms. The fraction of sp³-hybridized carbons (Fsp3) is 1.00. The molecule has 2 aliphatic rings. The largest absolute Gasteiger partial charge is 0.376 e. The Morgan fingerprint density at radius 1 is 1.19 bits per heavy atom. The molecule has 2 heterocycles. The molecule has 1 N–H and O–H groups in total. The summed E-state index contributed by atoms with van der Waals surface area (Å²) < 4.78 is 33.0. The lowest BCUT2D eigenvalue weighted by Gasteiger charge is -2.36. The summed E-state index contributed by atoms with van der Waals surface area (Å²) in [5, 5.41) is 3.15. The molecule has 1 atom stereocenters. The maximum atomic E-state index is 12.3. The van der Waals surface area contributed by atoms with E-state index in [1.165, 1.54) is 4.31 Å². The van der Waals surface area contributed by atoms with E-state index in [2.05, 4.69) is 5.32 Å². The molecule has 7 heteroatoms. The number of nitrogens with one attached hydrogen (secondary N) is 1. The van der Waals surface area contributed by atoms with E-state index < -0.39 is 10.2 Å². The van der Waals surface area contributed by atoms with E-state index in [1.54, 1.807) is 4.31 Å². The van der Waals surface area contributed by atoms with Gasteiger partial charge in [-0.2, -0.15) is 17.0 Å². The highest BCUT2D eigenvalue weighted by Gasteiger charge is 2.33. The second kappa shape index (κ2) is 4.97. The van der Waals surface area contributed by atoms with E-state index in [1.807, 2.05) is 6.92 Å². The van der Waals surface area contributed by atoms with Crippen molar-refractivity contribution in [1.29, 1.82) is 0 Å². The van der Waals surface area contributed by atoms with Gasteiger partial charge in [-0.15, -0.1) is 0 Å². The van der Waals surface area contributed by atoms with Gasteiger partial charge in [0.2, 0.25) is 0 Å². The average Bonchev–Trinajstić information content (AvgIpc) is 2.30. The van der Waals surface area contributed by atoms with Crippen LogP contribution in [0.4, 0.5) is 0 Å². The summed E-state index contributed by atoms with van der Waals surface area (Å²) >= 11 is 0. The summed E-state index contributed by atoms with van der Waals surface area (Å²) in [6.07, 6.45) is -0.00793. The average molecular weight is 249 g/mol. The van der Waals surface area contributed by atoms with Crippen molar-refractivity contribution >= 4 is 10.2 Å². The number of hydrogen-bond acceptors (Lipinski definition) is 4. The molecule has 0 aromatic rings. The third kappa shape index (κ3) is 2.54. The van der Waals surface area contributed by atoms with Crippen LogP contribution in [0.15, 0.2) is 0 Å². The van der Waals surface area contributed by atoms with Gasteiger partial charge in [-0.3, -0.25) is 0 Å². The summed E-state index contributed by atoms with van der Waals surface area (Å²) in [6.45, 7) is 5.93. The van der Waals surface area contributed by atoms with E-state index in [-0.39, 0.29) is 6.10 Å². The molecular formula is C9H19N3O3S. The Hall–Kier alpha value is -0.210. The van der Waals surface area contributed by atoms with Gasteiger partial charge < -0.3 is 10.1 Å². The SMILES string of the molecule is CC1CN(S(=O)(=O)N2CCNCC2)CCO1. The van der Waals surface area contributed by atoms with Gasteiger partial charge in [0, 0.05) is 39.3 Å². The molecule has 2 rings (SSSR count). The van der Waals surface area contributed by atoms with Crippen molar-refractivity contribution in [2.45, 2.75) is 13.0 Å². The molecular weight excluding hydrogens is 230 g/mol. The minimum absolute atomic E-state index is 0.00793. The second-order valence-electron chi connectivity index (χ2n) is 4.20. The zero-order valence-corrected chi connectivity index (χ0v) is 10.4. The van der Waals surface area contributed by atoms with Gasteiger partial charge >= 0.3 is 0 Å². The Morgan fingerprint density at radius 3 is 2.50 bits per heavy atom. The molecule has 2 aliphatic heterocycles. The van der Waals surface area contributed by atoms with Crippen LogP contribution in [0.25, 0.3) is 0 Å². The van der Waals surface area contributed by atoms with Crippen LogP contribution < -0.4 is 5.32 Å². The van der Waals surface area contributed by atoms with Gasteiger partial charge in [0.05, 0.1) is 12.7 Å². The first-order valence-corrected chi connectivity index (χ1v) is 7.08. The normalized spacial score (nSPS) is 30.4. The molecule has 0 amide bonds. The van der Waals surface area contributed by atoms with Gasteiger partial charge in [0.1, 0.15) is 0 Å². The summed E-state index contributed by atoms with van der Waals surface area (Å²) in [5.41, 5.74) is 0. The third-order valence-corrected chi connectivity index (χ3v) is 4.93. The van der Waals surface area contributed by atoms with Crippen LogP contribution in [-0.2, 0) is 14.9 Å². The fourth-order valence-corrected chi connectivity index (χ4v) is 3.71. The highest BCUT2D eigenvalue weighted by Crippen LogP contribution is 2.14. The van der Waals surface area contributed by atoms with Crippen molar-refractivity contribution in [2.75, 3.05) is 45.9 Å². The Kier molecular flexibility index (Phi) is 3.81. The molecule has 94 valence electrons. The smallest absolute Gasteiger partial charge is 0.282 e. The maximum Gasteiger partial charge on any atom is 0.282 e. The van der Waals surface area contributed by atoms with Crippen molar-refractivity contribution in [3.63, 3.8) is 0 Å². The summed E-state index contributed by atoms with van der Waals surface area (Å²) in [5.74, 6) is 0. The lowest BCUT2D eigenvalue weighted by atomic mass is 10.3. The van der Waals surface area contributed by atoms with E-state index in [0.29, 0.717) is 32.8 Å². The molecule has 0 radical (unpaired) electrons. The number of rotatable bonds is 2. The van der Waals surface area contributed by atoms with E-state index in [4.69, 9.17) is 4.74 Å². The monoisotopic (exact) mass is 249 g/mol. The molecule has 0 aromatic carbocycles. The number of ether oxygens (including phenoxy) is 1. The minimum Gasteiger partial charge on any atom is -0.376 e. The zero-order chi connectivity index (χ0) is 11.6. The van der Waals surface area contributed by atoms with Gasteiger partial charge in [0.25, 0.3) is 10.2 Å². The van der Waals surface area contributed by atoms with Crippen molar-refractivity contribution in [1.82, 2.24) is 13.9 Å². The molecule has 0 aliphatic carbocycles. The highest BCUT2D eigenvalue weighted by molar-refractivity contribution is 7.86. The van der Waals surface area contributed by atoms with Gasteiger partial charge in [-0.1, -0.05) is 0 Å². The van der Waals surface area contributed by atoms with Crippen LogP contribution in [0.5, 0.6) is 0 Å². The predicted molar refractivity (Wildman–Crippen MR) is 60.3 cm³/mol. The number of morpholine rings is 1. The summed E-state index contributed by atoms with van der Waals surface area (Å²) in [4.78, 5) is 0. The minimum atomic E-state index is -3.27. The molecule has 2 saturated heterocycles. The molecule has 2 fully saturated rings. The Labute approximate surface area is 96.7 Å². The first-order valence-electron chi connectivity index (χ1n) is 5.68. The lowest BCUT2D eigenvalue weighted by Crippen LogP contribution is -2.55. The first kappa shape index (κ1) is 12.3. The van der Waals surface area contributed by atoms with Gasteiger partial charge in [-0.25, -0.2) is 0 Å². The zero-order valence-electron chi connectivity index (χ0n) is 9.55. The molecule has 0 spiro atoms. The first-order chi connectivity index (χ1) is 7.60. The summed E-state index contributed by atoms with van der Waals surface area (Å²) in [7, 11) is -3.27. The van der Waals surface area contributed by atoms with E-state index in [9.17, 15) is 8.42 Å². The van der Waals surface area contributed by atoms with Crippen molar-refractivity contribution in [3.05, 3.63) is 0 Å². The van der Waals surface area contributed by atoms with E-state index >= 15 is 0 Å². The van der Waals surface area contributed by atoms with Crippen LogP contribution >= 0.6 is 0 Å². The number of hydrogen-bond donors (Lipinski definition) is 1. The van der Waals surface area contributed by atoms with Crippen molar-refractivity contribution in [3.8, 4) is 0 Å². The van der Waals surface area contributed by atoms with Gasteiger partial charge in [0.15, 0.2) is 0 Å². The van der Waals surface area contributed by atoms with Crippen molar-refractivity contribution < 1.29 is 13.2 Å². The predicted octanol–water partition coefficient (Wildman–Crippen LogP) is -1.14. The Balaban J connectivity index is 2.05.